The van der Waals surface area contributed by atoms with E-state index >= 15 is 0 Å². The van der Waals surface area contributed by atoms with Gasteiger partial charge in [0.15, 0.2) is 5.82 Å². The zero-order valence-corrected chi connectivity index (χ0v) is 14.6. The van der Waals surface area contributed by atoms with Gasteiger partial charge in [-0.25, -0.2) is 9.97 Å². The molecule has 0 aliphatic carbocycles. The van der Waals surface area contributed by atoms with Crippen molar-refractivity contribution in [2.75, 3.05) is 12.3 Å². The Kier molecular flexibility index (Phi) is 5.10. The second kappa shape index (κ2) is 7.16. The van der Waals surface area contributed by atoms with Gasteiger partial charge in [0, 0.05) is 11.8 Å². The van der Waals surface area contributed by atoms with Crippen molar-refractivity contribution in [1.29, 1.82) is 0 Å². The van der Waals surface area contributed by atoms with Crippen LogP contribution in [0.3, 0.4) is 0 Å². The van der Waals surface area contributed by atoms with Gasteiger partial charge in [0.25, 0.3) is 0 Å². The van der Waals surface area contributed by atoms with E-state index in [0.717, 1.165) is 0 Å². The number of carbonyl (C=O) groups is 1. The minimum absolute atomic E-state index is 0.106. The van der Waals surface area contributed by atoms with Crippen molar-refractivity contribution in [1.82, 2.24) is 20.3 Å². The normalized spacial score (nSPS) is 27.2. The summed E-state index contributed by atoms with van der Waals surface area (Å²) >= 11 is 0. The number of rotatable bonds is 5. The van der Waals surface area contributed by atoms with E-state index in [1.54, 1.807) is 20.0 Å². The van der Waals surface area contributed by atoms with Crippen molar-refractivity contribution >= 4 is 22.8 Å². The average molecular weight is 364 g/mol. The third-order valence-corrected chi connectivity index (χ3v) is 4.76. The summed E-state index contributed by atoms with van der Waals surface area (Å²) in [4.78, 5) is 23.3. The Bertz CT molecular complexity index is 794. The maximum atomic E-state index is 12.2. The molecule has 2 aromatic rings. The monoisotopic (exact) mass is 364 g/mol. The maximum absolute atomic E-state index is 12.2. The number of aromatic amines is 1. The standard InChI is InChI=1S/C16H24N6O4/c1-6(2)9(17)16(25)26-14-8(4-23)22-11(13(14)24)7-3-19-12-10(7)20-5-21-15(12)18/h3,5-6,8-9,11,13-14,19,22-24H,4,17H2,1-2H3,(H2,18,20,21). The summed E-state index contributed by atoms with van der Waals surface area (Å²) in [5, 5.41) is 23.5. The molecule has 1 fully saturated rings. The van der Waals surface area contributed by atoms with Crippen LogP contribution in [0.5, 0.6) is 0 Å². The van der Waals surface area contributed by atoms with Crippen LogP contribution >= 0.6 is 0 Å². The van der Waals surface area contributed by atoms with Crippen molar-refractivity contribution in [3.8, 4) is 0 Å². The molecule has 0 spiro atoms. The van der Waals surface area contributed by atoms with Crippen LogP contribution in [-0.2, 0) is 9.53 Å². The first-order valence-electron chi connectivity index (χ1n) is 8.43. The van der Waals surface area contributed by atoms with Gasteiger partial charge in [0.1, 0.15) is 30.1 Å². The topological polar surface area (TPSA) is 172 Å². The zero-order valence-electron chi connectivity index (χ0n) is 14.6. The van der Waals surface area contributed by atoms with Gasteiger partial charge in [-0.3, -0.25) is 10.1 Å². The third-order valence-electron chi connectivity index (χ3n) is 4.76. The summed E-state index contributed by atoms with van der Waals surface area (Å²) in [6, 6.07) is -2.05. The Labute approximate surface area is 149 Å². The van der Waals surface area contributed by atoms with E-state index in [4.69, 9.17) is 16.2 Å². The van der Waals surface area contributed by atoms with Crippen molar-refractivity contribution in [3.63, 3.8) is 0 Å². The van der Waals surface area contributed by atoms with Crippen molar-refractivity contribution in [2.24, 2.45) is 11.7 Å². The molecular formula is C16H24N6O4. The van der Waals surface area contributed by atoms with E-state index in [1.807, 2.05) is 0 Å². The number of hydrogen-bond acceptors (Lipinski definition) is 9. The zero-order chi connectivity index (χ0) is 19.0. The lowest BCUT2D eigenvalue weighted by atomic mass is 10.0. The number of nitrogens with two attached hydrogens (primary N) is 2. The van der Waals surface area contributed by atoms with E-state index in [-0.39, 0.29) is 12.5 Å². The first kappa shape index (κ1) is 18.5. The maximum Gasteiger partial charge on any atom is 0.323 e. The Balaban J connectivity index is 1.86. The summed E-state index contributed by atoms with van der Waals surface area (Å²) in [6.45, 7) is 3.29. The predicted octanol–water partition coefficient (Wildman–Crippen LogP) is -1.20. The molecule has 26 heavy (non-hydrogen) atoms. The van der Waals surface area contributed by atoms with Gasteiger partial charge in [0.2, 0.25) is 0 Å². The highest BCUT2D eigenvalue weighted by Gasteiger charge is 2.46. The van der Waals surface area contributed by atoms with Crippen molar-refractivity contribution in [3.05, 3.63) is 18.1 Å². The molecule has 3 rings (SSSR count). The van der Waals surface area contributed by atoms with E-state index in [9.17, 15) is 15.0 Å². The SMILES string of the molecule is CC(C)C(N)C(=O)OC1C(CO)NC(c2c[nH]c3c(N)ncnc23)C1O. The number of ether oxygens (including phenoxy) is 1. The summed E-state index contributed by atoms with van der Waals surface area (Å²) in [7, 11) is 0. The van der Waals surface area contributed by atoms with Crippen LogP contribution in [-0.4, -0.2) is 62.0 Å². The quantitative estimate of drug-likeness (QED) is 0.356. The Morgan fingerprint density at radius 2 is 2.15 bits per heavy atom. The van der Waals surface area contributed by atoms with Crippen molar-refractivity contribution in [2.45, 2.75) is 44.2 Å². The van der Waals surface area contributed by atoms with Gasteiger partial charge < -0.3 is 31.4 Å². The highest BCUT2D eigenvalue weighted by atomic mass is 16.6. The number of hydrogen-bond donors (Lipinski definition) is 6. The first-order valence-corrected chi connectivity index (χ1v) is 8.43. The molecule has 3 heterocycles. The van der Waals surface area contributed by atoms with E-state index in [0.29, 0.717) is 22.4 Å². The molecule has 1 aliphatic heterocycles. The molecule has 5 unspecified atom stereocenters. The summed E-state index contributed by atoms with van der Waals surface area (Å²) in [5.41, 5.74) is 13.4. The highest BCUT2D eigenvalue weighted by Crippen LogP contribution is 2.33. The van der Waals surface area contributed by atoms with Crippen LogP contribution in [0.2, 0.25) is 0 Å². The van der Waals surface area contributed by atoms with Gasteiger partial charge in [-0.15, -0.1) is 0 Å². The predicted molar refractivity (Wildman–Crippen MR) is 93.8 cm³/mol. The molecule has 10 nitrogen and oxygen atoms in total. The van der Waals surface area contributed by atoms with Crippen LogP contribution in [0.25, 0.3) is 11.0 Å². The third kappa shape index (κ3) is 3.12. The molecule has 10 heteroatoms. The smallest absolute Gasteiger partial charge is 0.323 e. The van der Waals surface area contributed by atoms with E-state index in [1.165, 1.54) is 6.33 Å². The fourth-order valence-corrected chi connectivity index (χ4v) is 3.13. The number of nitrogens with one attached hydrogen (secondary N) is 2. The van der Waals surface area contributed by atoms with Crippen LogP contribution in [0, 0.1) is 5.92 Å². The lowest BCUT2D eigenvalue weighted by Crippen LogP contribution is -2.45. The Morgan fingerprint density at radius 1 is 1.42 bits per heavy atom. The molecule has 1 aliphatic rings. The van der Waals surface area contributed by atoms with Gasteiger partial charge in [-0.1, -0.05) is 13.8 Å². The van der Waals surface area contributed by atoms with Gasteiger partial charge in [0.05, 0.1) is 24.2 Å². The fourth-order valence-electron chi connectivity index (χ4n) is 3.13. The number of anilines is 1. The second-order valence-electron chi connectivity index (χ2n) is 6.82. The number of esters is 1. The molecule has 1 saturated heterocycles. The summed E-state index contributed by atoms with van der Waals surface area (Å²) in [5.74, 6) is -0.431. The highest BCUT2D eigenvalue weighted by molar-refractivity contribution is 5.87. The molecule has 2 aromatic heterocycles. The summed E-state index contributed by atoms with van der Waals surface area (Å²) < 4.78 is 5.41. The lowest BCUT2D eigenvalue weighted by Gasteiger charge is -2.23. The van der Waals surface area contributed by atoms with Gasteiger partial charge in [-0.2, -0.15) is 0 Å². The Hall–Kier alpha value is -2.27. The van der Waals surface area contributed by atoms with E-state index < -0.39 is 36.3 Å². The molecule has 0 amide bonds. The molecule has 142 valence electrons. The number of aromatic nitrogens is 3. The minimum atomic E-state index is -1.09. The molecule has 0 saturated carbocycles. The van der Waals surface area contributed by atoms with Crippen LogP contribution in [0.4, 0.5) is 5.82 Å². The molecule has 5 atom stereocenters. The molecule has 0 bridgehead atoms. The molecule has 0 aromatic carbocycles. The lowest BCUT2D eigenvalue weighted by molar-refractivity contribution is -0.157. The Morgan fingerprint density at radius 3 is 2.81 bits per heavy atom. The first-order chi connectivity index (χ1) is 12.3. The van der Waals surface area contributed by atoms with Gasteiger partial charge >= 0.3 is 5.97 Å². The number of nitrogen functional groups attached to an aromatic ring is 1. The largest absolute Gasteiger partial charge is 0.457 e. The molecular weight excluding hydrogens is 340 g/mol. The summed E-state index contributed by atoms with van der Waals surface area (Å²) in [6.07, 6.45) is 0.964. The number of fused-ring (bicyclic) bond motifs is 1. The number of H-pyrrole nitrogens is 1. The van der Waals surface area contributed by atoms with E-state index in [2.05, 4.69) is 20.3 Å². The number of aliphatic hydroxyl groups excluding tert-OH is 2. The van der Waals surface area contributed by atoms with Crippen LogP contribution in [0.15, 0.2) is 12.5 Å². The van der Waals surface area contributed by atoms with Crippen LogP contribution < -0.4 is 16.8 Å². The fraction of sp³-hybridized carbons (Fsp3) is 0.562. The molecule has 8 N–H and O–H groups in total. The number of carbonyl (C=O) groups excluding carboxylic acids is 1. The minimum Gasteiger partial charge on any atom is -0.457 e. The average Bonchev–Trinajstić information content (AvgIpc) is 3.17. The second-order valence-corrected chi connectivity index (χ2v) is 6.82. The number of aliphatic hydroxyl groups is 2. The van der Waals surface area contributed by atoms with Crippen molar-refractivity contribution < 1.29 is 19.7 Å². The molecule has 0 radical (unpaired) electrons. The van der Waals surface area contributed by atoms with Crippen LogP contribution in [0.1, 0.15) is 25.5 Å². The van der Waals surface area contributed by atoms with Gasteiger partial charge in [-0.05, 0) is 5.92 Å². The number of nitrogens with zero attached hydrogens (tertiary/aromatic N) is 2.